The molecule has 0 aromatic carbocycles. The Hall–Kier alpha value is -0.610. The molecule has 4 heteroatoms. The van der Waals surface area contributed by atoms with E-state index < -0.39 is 0 Å². The van der Waals surface area contributed by atoms with Gasteiger partial charge in [0.05, 0.1) is 6.04 Å². The Morgan fingerprint density at radius 1 is 1.64 bits per heavy atom. The van der Waals surface area contributed by atoms with Gasteiger partial charge in [-0.2, -0.15) is 0 Å². The van der Waals surface area contributed by atoms with Crippen LogP contribution in [0.2, 0.25) is 0 Å². The smallest absolute Gasteiger partial charge is 0.234 e. The van der Waals surface area contributed by atoms with E-state index in [2.05, 4.69) is 5.32 Å². The minimum Gasteiger partial charge on any atom is -0.368 e. The highest BCUT2D eigenvalue weighted by atomic mass is 16.1. The minimum atomic E-state index is -0.353. The zero-order chi connectivity index (χ0) is 9.07. The van der Waals surface area contributed by atoms with E-state index >= 15 is 0 Å². The second-order valence-corrected chi connectivity index (χ2v) is 3.49. The average Bonchev–Trinajstić information content (AvgIpc) is 1.80. The molecule has 11 heavy (non-hydrogen) atoms. The minimum absolute atomic E-state index is 0.302. The van der Waals surface area contributed by atoms with Crippen LogP contribution >= 0.6 is 0 Å². The zero-order valence-electron chi connectivity index (χ0n) is 7.35. The summed E-state index contributed by atoms with van der Waals surface area (Å²) in [6, 6.07) is -0.308. The van der Waals surface area contributed by atoms with Crippen LogP contribution < -0.4 is 16.8 Å². The second kappa shape index (κ2) is 3.69. The molecular formula is C7H17N3O. The van der Waals surface area contributed by atoms with Crippen molar-refractivity contribution >= 4 is 5.91 Å². The maximum absolute atomic E-state index is 10.5. The molecule has 0 rings (SSSR count). The standard InChI is InChI=1S/C7H17N3O/c1-5(6(8)11)10-4-7(2,3)9/h5,10H,4,9H2,1-3H3,(H2,8,11). The summed E-state index contributed by atoms with van der Waals surface area (Å²) in [5.74, 6) is -0.353. The highest BCUT2D eigenvalue weighted by molar-refractivity contribution is 5.79. The van der Waals surface area contributed by atoms with Crippen molar-refractivity contribution in [3.63, 3.8) is 0 Å². The summed E-state index contributed by atoms with van der Waals surface area (Å²) < 4.78 is 0. The van der Waals surface area contributed by atoms with E-state index in [0.717, 1.165) is 0 Å². The van der Waals surface area contributed by atoms with Gasteiger partial charge in [0.2, 0.25) is 5.91 Å². The van der Waals surface area contributed by atoms with Crippen LogP contribution in [0.5, 0.6) is 0 Å². The third kappa shape index (κ3) is 5.82. The van der Waals surface area contributed by atoms with Crippen LogP contribution in [-0.4, -0.2) is 24.0 Å². The van der Waals surface area contributed by atoms with E-state index in [1.54, 1.807) is 6.92 Å². The summed E-state index contributed by atoms with van der Waals surface area (Å²) in [7, 11) is 0. The fraction of sp³-hybridized carbons (Fsp3) is 0.857. The summed E-state index contributed by atoms with van der Waals surface area (Å²) in [6.45, 7) is 6.06. The predicted molar refractivity (Wildman–Crippen MR) is 44.9 cm³/mol. The first-order valence-electron chi connectivity index (χ1n) is 3.64. The van der Waals surface area contributed by atoms with E-state index in [1.807, 2.05) is 13.8 Å². The SMILES string of the molecule is CC(NCC(C)(C)N)C(N)=O. The van der Waals surface area contributed by atoms with Gasteiger partial charge >= 0.3 is 0 Å². The van der Waals surface area contributed by atoms with Gasteiger partial charge < -0.3 is 16.8 Å². The van der Waals surface area contributed by atoms with Crippen molar-refractivity contribution in [1.29, 1.82) is 0 Å². The fourth-order valence-corrected chi connectivity index (χ4v) is 0.517. The second-order valence-electron chi connectivity index (χ2n) is 3.49. The Morgan fingerprint density at radius 3 is 2.36 bits per heavy atom. The Morgan fingerprint density at radius 2 is 2.09 bits per heavy atom. The third-order valence-electron chi connectivity index (χ3n) is 1.29. The molecule has 0 aromatic heterocycles. The van der Waals surface area contributed by atoms with Gasteiger partial charge in [-0.15, -0.1) is 0 Å². The van der Waals surface area contributed by atoms with Crippen molar-refractivity contribution in [2.24, 2.45) is 11.5 Å². The lowest BCUT2D eigenvalue weighted by Crippen LogP contribution is -2.49. The lowest BCUT2D eigenvalue weighted by atomic mass is 10.1. The number of nitrogens with two attached hydrogens (primary N) is 2. The topological polar surface area (TPSA) is 81.1 Å². The molecule has 1 amide bonds. The van der Waals surface area contributed by atoms with Gasteiger partial charge in [-0.05, 0) is 20.8 Å². The zero-order valence-corrected chi connectivity index (χ0v) is 7.35. The molecule has 0 aliphatic rings. The van der Waals surface area contributed by atoms with E-state index in [0.29, 0.717) is 6.54 Å². The van der Waals surface area contributed by atoms with Gasteiger partial charge in [-0.3, -0.25) is 4.79 Å². The Labute approximate surface area is 67.3 Å². The van der Waals surface area contributed by atoms with Crippen molar-refractivity contribution < 1.29 is 4.79 Å². The summed E-state index contributed by atoms with van der Waals surface area (Å²) in [5.41, 5.74) is 10.4. The number of amides is 1. The number of primary amides is 1. The number of hydrogen-bond acceptors (Lipinski definition) is 3. The van der Waals surface area contributed by atoms with Crippen molar-refractivity contribution in [1.82, 2.24) is 5.32 Å². The fourth-order valence-electron chi connectivity index (χ4n) is 0.517. The highest BCUT2D eigenvalue weighted by Crippen LogP contribution is 1.93. The maximum Gasteiger partial charge on any atom is 0.234 e. The van der Waals surface area contributed by atoms with Crippen LogP contribution in [0.25, 0.3) is 0 Å². The average molecular weight is 159 g/mol. The number of hydrogen-bond donors (Lipinski definition) is 3. The van der Waals surface area contributed by atoms with Gasteiger partial charge in [0, 0.05) is 12.1 Å². The summed E-state index contributed by atoms with van der Waals surface area (Å²) in [4.78, 5) is 10.5. The lowest BCUT2D eigenvalue weighted by molar-refractivity contribution is -0.119. The molecular weight excluding hydrogens is 142 g/mol. The van der Waals surface area contributed by atoms with Crippen LogP contribution in [0.15, 0.2) is 0 Å². The Kier molecular flexibility index (Phi) is 3.48. The molecule has 5 N–H and O–H groups in total. The van der Waals surface area contributed by atoms with Crippen LogP contribution in [0.4, 0.5) is 0 Å². The Bertz CT molecular complexity index is 139. The first kappa shape index (κ1) is 10.4. The number of nitrogens with one attached hydrogen (secondary N) is 1. The molecule has 0 aliphatic carbocycles. The first-order chi connectivity index (χ1) is 4.83. The van der Waals surface area contributed by atoms with Gasteiger partial charge in [-0.1, -0.05) is 0 Å². The van der Waals surface area contributed by atoms with Crippen LogP contribution in [0, 0.1) is 0 Å². The van der Waals surface area contributed by atoms with Crippen LogP contribution in [0.3, 0.4) is 0 Å². The van der Waals surface area contributed by atoms with E-state index in [4.69, 9.17) is 11.5 Å². The first-order valence-corrected chi connectivity index (χ1v) is 3.64. The molecule has 1 unspecified atom stereocenters. The molecule has 0 saturated heterocycles. The van der Waals surface area contributed by atoms with E-state index in [9.17, 15) is 4.79 Å². The summed E-state index contributed by atoms with van der Waals surface area (Å²) in [6.07, 6.45) is 0. The van der Waals surface area contributed by atoms with Gasteiger partial charge in [-0.25, -0.2) is 0 Å². The molecule has 0 heterocycles. The van der Waals surface area contributed by atoms with Gasteiger partial charge in [0.1, 0.15) is 0 Å². The molecule has 0 spiro atoms. The number of carbonyl (C=O) groups is 1. The quantitative estimate of drug-likeness (QED) is 0.501. The van der Waals surface area contributed by atoms with Crippen molar-refractivity contribution in [3.05, 3.63) is 0 Å². The van der Waals surface area contributed by atoms with Gasteiger partial charge in [0.15, 0.2) is 0 Å². The van der Waals surface area contributed by atoms with Crippen LogP contribution in [-0.2, 0) is 4.79 Å². The normalized spacial score (nSPS) is 14.5. The number of rotatable bonds is 4. The molecule has 4 nitrogen and oxygen atoms in total. The number of carbonyl (C=O) groups excluding carboxylic acids is 1. The van der Waals surface area contributed by atoms with Crippen molar-refractivity contribution in [3.8, 4) is 0 Å². The summed E-state index contributed by atoms with van der Waals surface area (Å²) in [5, 5.41) is 2.92. The summed E-state index contributed by atoms with van der Waals surface area (Å²) >= 11 is 0. The van der Waals surface area contributed by atoms with E-state index in [1.165, 1.54) is 0 Å². The Balaban J connectivity index is 3.63. The predicted octanol–water partition coefficient (Wildman–Crippen LogP) is -0.813. The molecule has 1 atom stereocenters. The molecule has 0 radical (unpaired) electrons. The molecule has 0 aromatic rings. The monoisotopic (exact) mass is 159 g/mol. The third-order valence-corrected chi connectivity index (χ3v) is 1.29. The van der Waals surface area contributed by atoms with Crippen molar-refractivity contribution in [2.45, 2.75) is 32.4 Å². The highest BCUT2D eigenvalue weighted by Gasteiger charge is 2.14. The lowest BCUT2D eigenvalue weighted by Gasteiger charge is -2.21. The van der Waals surface area contributed by atoms with Crippen LogP contribution in [0.1, 0.15) is 20.8 Å². The molecule has 0 fully saturated rings. The van der Waals surface area contributed by atoms with Crippen molar-refractivity contribution in [2.75, 3.05) is 6.54 Å². The molecule has 66 valence electrons. The largest absolute Gasteiger partial charge is 0.368 e. The molecule has 0 aliphatic heterocycles. The van der Waals surface area contributed by atoms with E-state index in [-0.39, 0.29) is 17.5 Å². The maximum atomic E-state index is 10.5. The molecule has 0 bridgehead atoms. The van der Waals surface area contributed by atoms with Gasteiger partial charge in [0.25, 0.3) is 0 Å². The molecule has 0 saturated carbocycles.